The first-order chi connectivity index (χ1) is 6.54. The molecule has 1 aliphatic heterocycles. The molecule has 2 N–H and O–H groups in total. The number of hydrogen-bond acceptors (Lipinski definition) is 3. The fourth-order valence-electron chi connectivity index (χ4n) is 1.45. The first-order valence-electron chi connectivity index (χ1n) is 4.69. The quantitative estimate of drug-likeness (QED) is 0.611. The molecule has 0 aromatic rings. The van der Waals surface area contributed by atoms with E-state index in [1.54, 1.807) is 18.9 Å². The Hall–Kier alpha value is -1.10. The minimum atomic E-state index is -0.263. The Labute approximate surface area is 83.1 Å². The Morgan fingerprint density at radius 3 is 2.86 bits per heavy atom. The summed E-state index contributed by atoms with van der Waals surface area (Å²) in [5, 5.41) is 11.4. The molecular weight excluding hydrogens is 184 g/mol. The van der Waals surface area contributed by atoms with Crippen molar-refractivity contribution in [1.29, 1.82) is 0 Å². The van der Waals surface area contributed by atoms with E-state index >= 15 is 0 Å². The Kier molecular flexibility index (Phi) is 3.46. The van der Waals surface area contributed by atoms with E-state index in [0.29, 0.717) is 6.54 Å². The molecule has 2 amide bonds. The molecule has 14 heavy (non-hydrogen) atoms. The number of carbonyl (C=O) groups excluding carboxylic acids is 2. The second-order valence-corrected chi connectivity index (χ2v) is 3.77. The van der Waals surface area contributed by atoms with Crippen LogP contribution in [-0.2, 0) is 9.59 Å². The van der Waals surface area contributed by atoms with Crippen molar-refractivity contribution < 1.29 is 14.7 Å². The number of carbonyl (C=O) groups is 2. The summed E-state index contributed by atoms with van der Waals surface area (Å²) in [7, 11) is 1.69. The lowest BCUT2D eigenvalue weighted by Crippen LogP contribution is -2.39. The van der Waals surface area contributed by atoms with Gasteiger partial charge < -0.3 is 15.3 Å². The van der Waals surface area contributed by atoms with Crippen LogP contribution in [0.15, 0.2) is 0 Å². The summed E-state index contributed by atoms with van der Waals surface area (Å²) in [6.07, 6.45) is 0.278. The molecular formula is C9H16N2O3. The monoisotopic (exact) mass is 200 g/mol. The molecule has 1 rings (SSSR count). The summed E-state index contributed by atoms with van der Waals surface area (Å²) >= 11 is 0. The van der Waals surface area contributed by atoms with Crippen LogP contribution in [0.4, 0.5) is 0 Å². The summed E-state index contributed by atoms with van der Waals surface area (Å²) < 4.78 is 0. The average Bonchev–Trinajstić information content (AvgIpc) is 2.47. The van der Waals surface area contributed by atoms with Crippen LogP contribution in [-0.4, -0.2) is 48.1 Å². The highest BCUT2D eigenvalue weighted by Gasteiger charge is 2.32. The minimum Gasteiger partial charge on any atom is -0.394 e. The van der Waals surface area contributed by atoms with Crippen molar-refractivity contribution in [3.05, 3.63) is 0 Å². The van der Waals surface area contributed by atoms with E-state index in [2.05, 4.69) is 5.32 Å². The second-order valence-electron chi connectivity index (χ2n) is 3.77. The smallest absolute Gasteiger partial charge is 0.225 e. The van der Waals surface area contributed by atoms with Crippen molar-refractivity contribution in [3.63, 3.8) is 0 Å². The van der Waals surface area contributed by atoms with E-state index in [0.717, 1.165) is 0 Å². The van der Waals surface area contributed by atoms with Gasteiger partial charge in [0, 0.05) is 26.1 Å². The summed E-state index contributed by atoms with van der Waals surface area (Å²) in [6.45, 7) is 2.11. The number of rotatable bonds is 3. The number of nitrogens with zero attached hydrogens (tertiary/aromatic N) is 1. The highest BCUT2D eigenvalue weighted by molar-refractivity contribution is 5.89. The van der Waals surface area contributed by atoms with Gasteiger partial charge in [0.25, 0.3) is 0 Å². The Bertz CT molecular complexity index is 242. The molecule has 0 saturated carbocycles. The molecule has 80 valence electrons. The topological polar surface area (TPSA) is 69.6 Å². The zero-order valence-corrected chi connectivity index (χ0v) is 8.49. The Morgan fingerprint density at radius 2 is 2.43 bits per heavy atom. The minimum absolute atomic E-state index is 0.00167. The number of amides is 2. The number of aliphatic hydroxyl groups excluding tert-OH is 1. The highest BCUT2D eigenvalue weighted by atomic mass is 16.3. The summed E-state index contributed by atoms with van der Waals surface area (Å²) in [4.78, 5) is 24.2. The van der Waals surface area contributed by atoms with Gasteiger partial charge in [-0.3, -0.25) is 9.59 Å². The van der Waals surface area contributed by atoms with Crippen molar-refractivity contribution in [1.82, 2.24) is 10.2 Å². The van der Waals surface area contributed by atoms with Gasteiger partial charge in [-0.05, 0) is 6.92 Å². The first-order valence-corrected chi connectivity index (χ1v) is 4.69. The molecule has 0 aromatic carbocycles. The van der Waals surface area contributed by atoms with Crippen LogP contribution in [0.1, 0.15) is 13.3 Å². The molecule has 1 aliphatic rings. The molecule has 5 nitrogen and oxygen atoms in total. The molecule has 5 heteroatoms. The van der Waals surface area contributed by atoms with E-state index in [-0.39, 0.29) is 36.8 Å². The van der Waals surface area contributed by atoms with E-state index in [4.69, 9.17) is 5.11 Å². The van der Waals surface area contributed by atoms with Crippen LogP contribution in [0.5, 0.6) is 0 Å². The maximum atomic E-state index is 11.5. The standard InChI is InChI=1S/C9H16N2O3/c1-6(5-12)10-9(14)7-3-8(13)11(2)4-7/h6-7,12H,3-5H2,1-2H3,(H,10,14)/t6-,7?/m1/s1. The molecule has 0 aliphatic carbocycles. The van der Waals surface area contributed by atoms with Crippen LogP contribution < -0.4 is 5.32 Å². The third-order valence-corrected chi connectivity index (χ3v) is 2.37. The fourth-order valence-corrected chi connectivity index (χ4v) is 1.45. The predicted octanol–water partition coefficient (Wildman–Crippen LogP) is -1.04. The lowest BCUT2D eigenvalue weighted by Gasteiger charge is -2.14. The van der Waals surface area contributed by atoms with E-state index in [9.17, 15) is 9.59 Å². The number of aliphatic hydroxyl groups is 1. The molecule has 1 saturated heterocycles. The largest absolute Gasteiger partial charge is 0.394 e. The highest BCUT2D eigenvalue weighted by Crippen LogP contribution is 2.15. The molecule has 2 atom stereocenters. The van der Waals surface area contributed by atoms with Crippen LogP contribution in [0.2, 0.25) is 0 Å². The van der Waals surface area contributed by atoms with Crippen molar-refractivity contribution in [2.45, 2.75) is 19.4 Å². The summed E-state index contributed by atoms with van der Waals surface area (Å²) in [5.74, 6) is -0.410. The fraction of sp³-hybridized carbons (Fsp3) is 0.778. The molecule has 0 radical (unpaired) electrons. The lowest BCUT2D eigenvalue weighted by molar-refractivity contribution is -0.128. The van der Waals surface area contributed by atoms with Crippen molar-refractivity contribution in [3.8, 4) is 0 Å². The molecule has 0 bridgehead atoms. The molecule has 1 heterocycles. The van der Waals surface area contributed by atoms with Gasteiger partial charge in [0.1, 0.15) is 0 Å². The summed E-state index contributed by atoms with van der Waals surface area (Å²) in [5.41, 5.74) is 0. The predicted molar refractivity (Wildman–Crippen MR) is 50.4 cm³/mol. The normalized spacial score (nSPS) is 23.8. The second kappa shape index (κ2) is 4.41. The maximum Gasteiger partial charge on any atom is 0.225 e. The Morgan fingerprint density at radius 1 is 1.79 bits per heavy atom. The van der Waals surface area contributed by atoms with Crippen LogP contribution in [0.25, 0.3) is 0 Å². The first kappa shape index (κ1) is 11.0. The zero-order chi connectivity index (χ0) is 10.7. The van der Waals surface area contributed by atoms with Crippen molar-refractivity contribution in [2.24, 2.45) is 5.92 Å². The van der Waals surface area contributed by atoms with Gasteiger partial charge in [0.2, 0.25) is 11.8 Å². The van der Waals surface area contributed by atoms with Gasteiger partial charge >= 0.3 is 0 Å². The number of likely N-dealkylation sites (tertiary alicyclic amines) is 1. The molecule has 1 unspecified atom stereocenters. The molecule has 1 fully saturated rings. The van der Waals surface area contributed by atoms with Gasteiger partial charge in [-0.15, -0.1) is 0 Å². The SMILES string of the molecule is C[C@H](CO)NC(=O)C1CC(=O)N(C)C1. The maximum absolute atomic E-state index is 11.5. The molecule has 0 spiro atoms. The Balaban J connectivity index is 2.43. The summed E-state index contributed by atoms with van der Waals surface area (Å²) in [6, 6.07) is -0.247. The zero-order valence-electron chi connectivity index (χ0n) is 8.49. The van der Waals surface area contributed by atoms with Crippen molar-refractivity contribution >= 4 is 11.8 Å². The van der Waals surface area contributed by atoms with Crippen molar-refractivity contribution in [2.75, 3.05) is 20.2 Å². The van der Waals surface area contributed by atoms with Gasteiger partial charge in [-0.2, -0.15) is 0 Å². The number of nitrogens with one attached hydrogen (secondary N) is 1. The third-order valence-electron chi connectivity index (χ3n) is 2.37. The van der Waals surface area contributed by atoms with E-state index in [1.807, 2.05) is 0 Å². The van der Waals surface area contributed by atoms with Gasteiger partial charge in [-0.1, -0.05) is 0 Å². The van der Waals surface area contributed by atoms with Gasteiger partial charge in [0.15, 0.2) is 0 Å². The van der Waals surface area contributed by atoms with E-state index < -0.39 is 0 Å². The van der Waals surface area contributed by atoms with Crippen LogP contribution in [0.3, 0.4) is 0 Å². The third kappa shape index (κ3) is 2.45. The lowest BCUT2D eigenvalue weighted by atomic mass is 10.1. The number of hydrogen-bond donors (Lipinski definition) is 2. The van der Waals surface area contributed by atoms with Crippen LogP contribution in [0, 0.1) is 5.92 Å². The van der Waals surface area contributed by atoms with Crippen LogP contribution >= 0.6 is 0 Å². The van der Waals surface area contributed by atoms with E-state index in [1.165, 1.54) is 0 Å². The van der Waals surface area contributed by atoms with Gasteiger partial charge in [-0.25, -0.2) is 0 Å². The van der Waals surface area contributed by atoms with Gasteiger partial charge in [0.05, 0.1) is 12.5 Å². The molecule has 0 aromatic heterocycles. The average molecular weight is 200 g/mol.